The van der Waals surface area contributed by atoms with Gasteiger partial charge in [0.2, 0.25) is 5.91 Å². The topological polar surface area (TPSA) is 87.6 Å². The Morgan fingerprint density at radius 3 is 2.62 bits per heavy atom. The number of hydrogen-bond acceptors (Lipinski definition) is 4. The Hall–Kier alpha value is -1.42. The van der Waals surface area contributed by atoms with E-state index < -0.39 is 0 Å². The third-order valence-electron chi connectivity index (χ3n) is 3.26. The number of halogens is 1. The Bertz CT molecular complexity index is 549. The molecule has 0 unspecified atom stereocenters. The average molecular weight is 449 g/mol. The van der Waals surface area contributed by atoms with Crippen molar-refractivity contribution in [1.29, 1.82) is 0 Å². The van der Waals surface area contributed by atoms with Gasteiger partial charge in [0.25, 0.3) is 0 Å². The number of hydrogen-bond donors (Lipinski definition) is 3. The smallest absolute Gasteiger partial charge is 0.227 e. The highest BCUT2D eigenvalue weighted by Crippen LogP contribution is 2.05. The lowest BCUT2D eigenvalue weighted by molar-refractivity contribution is -0.116. The van der Waals surface area contributed by atoms with Gasteiger partial charge in [-0.05, 0) is 32.9 Å². The number of aromatic nitrogens is 1. The molecular weight excluding hydrogens is 421 g/mol. The van der Waals surface area contributed by atoms with E-state index in [1.54, 1.807) is 20.2 Å². The number of guanidine groups is 1. The summed E-state index contributed by atoms with van der Waals surface area (Å²) in [6.45, 7) is 6.94. The Balaban J connectivity index is 0.00000529. The predicted molar refractivity (Wildman–Crippen MR) is 108 cm³/mol. The fourth-order valence-corrected chi connectivity index (χ4v) is 1.70. The lowest BCUT2D eigenvalue weighted by atomic mass is 10.1. The molecule has 1 rings (SSSR count). The molecule has 0 spiro atoms. The number of nitrogens with zero attached hydrogens (tertiary/aromatic N) is 2. The minimum absolute atomic E-state index is 0. The average Bonchev–Trinajstić information content (AvgIpc) is 2.50. The van der Waals surface area contributed by atoms with Crippen LogP contribution in [-0.4, -0.2) is 49.7 Å². The Kier molecular flexibility index (Phi) is 10.5. The van der Waals surface area contributed by atoms with Crippen LogP contribution in [0.25, 0.3) is 0 Å². The molecule has 0 radical (unpaired) electrons. The molecule has 1 heterocycles. The van der Waals surface area contributed by atoms with Crippen molar-refractivity contribution in [3.63, 3.8) is 0 Å². The van der Waals surface area contributed by atoms with Crippen LogP contribution in [0, 0.1) is 6.92 Å². The molecule has 0 atom stereocenters. The molecule has 1 amide bonds. The maximum absolute atomic E-state index is 11.9. The third-order valence-corrected chi connectivity index (χ3v) is 3.26. The lowest BCUT2D eigenvalue weighted by Crippen LogP contribution is -2.45. The number of carbonyl (C=O) groups is 1. The van der Waals surface area contributed by atoms with Crippen LogP contribution < -0.4 is 16.0 Å². The quantitative estimate of drug-likeness (QED) is 0.337. The maximum atomic E-state index is 11.9. The van der Waals surface area contributed by atoms with Gasteiger partial charge in [-0.15, -0.1) is 24.0 Å². The Morgan fingerprint density at radius 1 is 1.33 bits per heavy atom. The van der Waals surface area contributed by atoms with E-state index in [9.17, 15) is 4.79 Å². The molecule has 0 bridgehead atoms. The van der Waals surface area contributed by atoms with Gasteiger partial charge in [0.05, 0.1) is 5.60 Å². The van der Waals surface area contributed by atoms with Crippen molar-refractivity contribution in [2.75, 3.05) is 32.6 Å². The van der Waals surface area contributed by atoms with Crippen molar-refractivity contribution < 1.29 is 9.53 Å². The van der Waals surface area contributed by atoms with Gasteiger partial charge in [-0.1, -0.05) is 6.07 Å². The number of carbonyl (C=O) groups excluding carboxylic acids is 1. The van der Waals surface area contributed by atoms with Gasteiger partial charge >= 0.3 is 0 Å². The summed E-state index contributed by atoms with van der Waals surface area (Å²) in [5, 5.41) is 9.03. The first kappa shape index (κ1) is 22.6. The fraction of sp³-hybridized carbons (Fsp3) is 0.562. The molecule has 0 fully saturated rings. The van der Waals surface area contributed by atoms with Crippen LogP contribution >= 0.6 is 24.0 Å². The van der Waals surface area contributed by atoms with Crippen molar-refractivity contribution in [1.82, 2.24) is 15.6 Å². The molecule has 0 aliphatic heterocycles. The van der Waals surface area contributed by atoms with Crippen molar-refractivity contribution >= 4 is 41.7 Å². The van der Waals surface area contributed by atoms with Crippen molar-refractivity contribution in [3.8, 4) is 0 Å². The van der Waals surface area contributed by atoms with Crippen LogP contribution in [0.2, 0.25) is 0 Å². The minimum atomic E-state index is -0.286. The second kappa shape index (κ2) is 11.2. The summed E-state index contributed by atoms with van der Waals surface area (Å²) in [6.07, 6.45) is 0.323. The minimum Gasteiger partial charge on any atom is -0.377 e. The summed E-state index contributed by atoms with van der Waals surface area (Å²) in [6, 6.07) is 5.51. The van der Waals surface area contributed by atoms with E-state index in [4.69, 9.17) is 4.74 Å². The maximum Gasteiger partial charge on any atom is 0.227 e. The van der Waals surface area contributed by atoms with Gasteiger partial charge in [0.15, 0.2) is 5.96 Å². The molecule has 0 aliphatic carbocycles. The van der Waals surface area contributed by atoms with Gasteiger partial charge in [0, 0.05) is 39.4 Å². The SMILES string of the molecule is CN=C(NCCC(=O)Nc1cccc(C)n1)NCC(C)(C)OC.I. The molecule has 0 saturated heterocycles. The zero-order chi connectivity index (χ0) is 17.3. The fourth-order valence-electron chi connectivity index (χ4n) is 1.70. The normalized spacial score (nSPS) is 11.5. The number of rotatable bonds is 7. The van der Waals surface area contributed by atoms with E-state index in [0.29, 0.717) is 31.3 Å². The van der Waals surface area contributed by atoms with Crippen LogP contribution in [0.4, 0.5) is 5.82 Å². The van der Waals surface area contributed by atoms with Crippen LogP contribution in [0.1, 0.15) is 26.0 Å². The summed E-state index contributed by atoms with van der Waals surface area (Å²) < 4.78 is 5.33. The zero-order valence-corrected chi connectivity index (χ0v) is 17.3. The van der Waals surface area contributed by atoms with Crippen molar-refractivity contribution in [2.24, 2.45) is 4.99 Å². The predicted octanol–water partition coefficient (Wildman–Crippen LogP) is 1.93. The molecule has 0 aliphatic rings. The van der Waals surface area contributed by atoms with E-state index in [-0.39, 0.29) is 35.5 Å². The van der Waals surface area contributed by atoms with E-state index in [2.05, 4.69) is 25.9 Å². The number of pyridine rings is 1. The van der Waals surface area contributed by atoms with Gasteiger partial charge in [-0.25, -0.2) is 4.98 Å². The number of amides is 1. The van der Waals surface area contributed by atoms with Gasteiger partial charge in [-0.2, -0.15) is 0 Å². The van der Waals surface area contributed by atoms with E-state index in [1.807, 2.05) is 32.9 Å². The molecule has 0 aromatic carbocycles. The number of anilines is 1. The second-order valence-corrected chi connectivity index (χ2v) is 5.78. The molecule has 24 heavy (non-hydrogen) atoms. The summed E-state index contributed by atoms with van der Waals surface area (Å²) >= 11 is 0. The highest BCUT2D eigenvalue weighted by molar-refractivity contribution is 14.0. The third kappa shape index (κ3) is 9.02. The second-order valence-electron chi connectivity index (χ2n) is 5.78. The van der Waals surface area contributed by atoms with Crippen LogP contribution in [0.3, 0.4) is 0 Å². The Labute approximate surface area is 161 Å². The van der Waals surface area contributed by atoms with Gasteiger partial charge in [-0.3, -0.25) is 9.79 Å². The number of aliphatic imine (C=N–C) groups is 1. The highest BCUT2D eigenvalue weighted by atomic mass is 127. The van der Waals surface area contributed by atoms with Gasteiger partial charge < -0.3 is 20.7 Å². The van der Waals surface area contributed by atoms with Gasteiger partial charge in [0.1, 0.15) is 5.82 Å². The molecule has 7 nitrogen and oxygen atoms in total. The Morgan fingerprint density at radius 2 is 2.04 bits per heavy atom. The monoisotopic (exact) mass is 449 g/mol. The van der Waals surface area contributed by atoms with E-state index in [1.165, 1.54) is 0 Å². The standard InChI is InChI=1S/C16H27N5O2.HI/c1-12-7-6-8-13(20-12)21-14(22)9-10-18-15(17-4)19-11-16(2,3)23-5;/h6-8H,9-11H2,1-5H3,(H2,17,18,19)(H,20,21,22);1H. The first-order chi connectivity index (χ1) is 10.9. The molecule has 8 heteroatoms. The van der Waals surface area contributed by atoms with Crippen LogP contribution in [0.5, 0.6) is 0 Å². The number of aryl methyl sites for hydroxylation is 1. The molecule has 3 N–H and O–H groups in total. The largest absolute Gasteiger partial charge is 0.377 e. The number of methoxy groups -OCH3 is 1. The molecule has 0 saturated carbocycles. The molecule has 1 aromatic heterocycles. The zero-order valence-electron chi connectivity index (χ0n) is 15.0. The van der Waals surface area contributed by atoms with Crippen LogP contribution in [0.15, 0.2) is 23.2 Å². The molecular formula is C16H28IN5O2. The summed E-state index contributed by atoms with van der Waals surface area (Å²) in [5.41, 5.74) is 0.581. The summed E-state index contributed by atoms with van der Waals surface area (Å²) in [7, 11) is 3.35. The molecule has 136 valence electrons. The van der Waals surface area contributed by atoms with Crippen LogP contribution in [-0.2, 0) is 9.53 Å². The summed E-state index contributed by atoms with van der Waals surface area (Å²) in [5.74, 6) is 1.11. The van der Waals surface area contributed by atoms with E-state index in [0.717, 1.165) is 5.69 Å². The van der Waals surface area contributed by atoms with Crippen molar-refractivity contribution in [2.45, 2.75) is 32.8 Å². The van der Waals surface area contributed by atoms with Crippen molar-refractivity contribution in [3.05, 3.63) is 23.9 Å². The van der Waals surface area contributed by atoms with E-state index >= 15 is 0 Å². The first-order valence-electron chi connectivity index (χ1n) is 7.59. The summed E-state index contributed by atoms with van der Waals surface area (Å²) in [4.78, 5) is 20.2. The molecule has 1 aromatic rings. The number of ether oxygens (including phenoxy) is 1. The first-order valence-corrected chi connectivity index (χ1v) is 7.59. The highest BCUT2D eigenvalue weighted by Gasteiger charge is 2.16. The number of nitrogens with one attached hydrogen (secondary N) is 3. The lowest BCUT2D eigenvalue weighted by Gasteiger charge is -2.24.